The smallest absolute Gasteiger partial charge is 0.119 e. The fourth-order valence-electron chi connectivity index (χ4n) is 5.81. The third-order valence-corrected chi connectivity index (χ3v) is 7.49. The van der Waals surface area contributed by atoms with Gasteiger partial charge < -0.3 is 9.84 Å². The molecule has 5 rings (SSSR count). The predicted octanol–water partition coefficient (Wildman–Crippen LogP) is 6.84. The largest absolute Gasteiger partial charge is 0.508 e. The van der Waals surface area contributed by atoms with E-state index >= 15 is 0 Å². The van der Waals surface area contributed by atoms with E-state index in [9.17, 15) is 9.50 Å². The number of ether oxygens (including phenoxy) is 1. The van der Waals surface area contributed by atoms with Crippen molar-refractivity contribution in [2.75, 3.05) is 26.3 Å². The van der Waals surface area contributed by atoms with Crippen LogP contribution in [0.5, 0.6) is 11.5 Å². The zero-order valence-electron chi connectivity index (χ0n) is 20.1. The Balaban J connectivity index is 1.43. The van der Waals surface area contributed by atoms with E-state index in [0.717, 1.165) is 57.5 Å². The molecule has 2 aromatic rings. The van der Waals surface area contributed by atoms with Crippen LogP contribution >= 0.6 is 0 Å². The number of hydrogen-bond acceptors (Lipinski definition) is 3. The molecule has 34 heavy (non-hydrogen) atoms. The molecule has 0 amide bonds. The lowest BCUT2D eigenvalue weighted by molar-refractivity contribution is 0.198. The van der Waals surface area contributed by atoms with Gasteiger partial charge in [0.1, 0.15) is 17.6 Å². The van der Waals surface area contributed by atoms with E-state index in [1.807, 2.05) is 12.1 Å². The van der Waals surface area contributed by atoms with E-state index in [2.05, 4.69) is 41.3 Å². The van der Waals surface area contributed by atoms with Gasteiger partial charge in [-0.05, 0) is 115 Å². The quantitative estimate of drug-likeness (QED) is 0.490. The van der Waals surface area contributed by atoms with Crippen LogP contribution in [0.1, 0.15) is 68.1 Å². The molecule has 1 saturated heterocycles. The first-order valence-electron chi connectivity index (χ1n) is 13.0. The Kier molecular flexibility index (Phi) is 7.34. The van der Waals surface area contributed by atoms with Crippen LogP contribution in [0.25, 0.3) is 5.57 Å². The van der Waals surface area contributed by atoms with Crippen molar-refractivity contribution in [2.45, 2.75) is 63.9 Å². The lowest BCUT2D eigenvalue weighted by atomic mass is 9.84. The molecule has 1 fully saturated rings. The number of phenolic OH excluding ortho intramolecular Hbond substituents is 1. The van der Waals surface area contributed by atoms with Crippen molar-refractivity contribution in [2.24, 2.45) is 0 Å². The number of alkyl halides is 1. The molecule has 1 N–H and O–H groups in total. The summed E-state index contributed by atoms with van der Waals surface area (Å²) in [6.45, 7) is 2.43. The summed E-state index contributed by atoms with van der Waals surface area (Å²) < 4.78 is 18.8. The average Bonchev–Trinajstić information content (AvgIpc) is 3.22. The molecule has 0 bridgehead atoms. The molecule has 2 aromatic carbocycles. The Morgan fingerprint density at radius 2 is 1.88 bits per heavy atom. The lowest BCUT2D eigenvalue weighted by Gasteiger charge is -2.21. The maximum Gasteiger partial charge on any atom is 0.119 e. The van der Waals surface area contributed by atoms with Crippen LogP contribution in [-0.4, -0.2) is 42.4 Å². The highest BCUT2D eigenvalue weighted by atomic mass is 19.1. The van der Waals surface area contributed by atoms with E-state index in [1.165, 1.54) is 52.7 Å². The average molecular weight is 462 g/mol. The number of halogens is 1. The third-order valence-electron chi connectivity index (χ3n) is 7.49. The van der Waals surface area contributed by atoms with Gasteiger partial charge in [-0.15, -0.1) is 0 Å². The van der Waals surface area contributed by atoms with Crippen LogP contribution in [0.3, 0.4) is 0 Å². The number of hydrogen-bond donors (Lipinski definition) is 1. The first-order chi connectivity index (χ1) is 16.7. The molecule has 4 heteroatoms. The molecule has 2 aliphatic carbocycles. The van der Waals surface area contributed by atoms with Gasteiger partial charge in [0.15, 0.2) is 0 Å². The number of aromatic hydroxyl groups is 1. The molecule has 3 nitrogen and oxygen atoms in total. The van der Waals surface area contributed by atoms with E-state index in [0.29, 0.717) is 12.2 Å². The van der Waals surface area contributed by atoms with E-state index in [4.69, 9.17) is 4.74 Å². The molecule has 1 heterocycles. The van der Waals surface area contributed by atoms with Crippen molar-refractivity contribution in [1.82, 2.24) is 4.90 Å². The number of fused-ring (bicyclic) bond motifs is 1. The van der Waals surface area contributed by atoms with Crippen LogP contribution in [0, 0.1) is 0 Å². The minimum absolute atomic E-state index is 0.175. The topological polar surface area (TPSA) is 32.7 Å². The van der Waals surface area contributed by atoms with Crippen molar-refractivity contribution in [1.29, 1.82) is 0 Å². The molecule has 0 unspecified atom stereocenters. The van der Waals surface area contributed by atoms with Gasteiger partial charge in [-0.1, -0.05) is 24.3 Å². The zero-order valence-corrected chi connectivity index (χ0v) is 20.1. The lowest BCUT2D eigenvalue weighted by Crippen LogP contribution is -2.26. The van der Waals surface area contributed by atoms with Crippen LogP contribution in [-0.2, 0) is 6.42 Å². The Labute approximate surface area is 202 Å². The summed E-state index contributed by atoms with van der Waals surface area (Å²) in [6.07, 6.45) is 12.3. The van der Waals surface area contributed by atoms with Gasteiger partial charge in [0.2, 0.25) is 0 Å². The number of allylic oxidation sites excluding steroid dienone is 3. The summed E-state index contributed by atoms with van der Waals surface area (Å²) in [6, 6.07) is 14.5. The number of likely N-dealkylation sites (tertiary alicyclic amines) is 1. The van der Waals surface area contributed by atoms with Gasteiger partial charge in [-0.3, -0.25) is 9.29 Å². The molecule has 0 radical (unpaired) electrons. The number of aryl methyl sites for hydroxylation is 1. The maximum atomic E-state index is 12.5. The Hall–Kier alpha value is -2.59. The molecular formula is C30H36FNO2. The van der Waals surface area contributed by atoms with Gasteiger partial charge in [-0.2, -0.15) is 0 Å². The predicted molar refractivity (Wildman–Crippen MR) is 136 cm³/mol. The monoisotopic (exact) mass is 461 g/mol. The number of benzene rings is 2. The fourth-order valence-corrected chi connectivity index (χ4v) is 5.81. The number of rotatable bonds is 7. The Morgan fingerprint density at radius 3 is 2.68 bits per heavy atom. The minimum atomic E-state index is -0.249. The second-order valence-electron chi connectivity index (χ2n) is 9.92. The summed E-state index contributed by atoms with van der Waals surface area (Å²) in [7, 11) is 0. The van der Waals surface area contributed by atoms with Gasteiger partial charge in [0.25, 0.3) is 0 Å². The van der Waals surface area contributed by atoms with Gasteiger partial charge in [0.05, 0.1) is 6.67 Å². The normalized spacial score (nSPS) is 21.2. The second kappa shape index (κ2) is 10.8. The Bertz CT molecular complexity index is 1060. The van der Waals surface area contributed by atoms with E-state index in [1.54, 1.807) is 0 Å². The number of nitrogens with zero attached hydrogens (tertiary/aromatic N) is 1. The zero-order chi connectivity index (χ0) is 23.3. The van der Waals surface area contributed by atoms with Crippen LogP contribution in [0.4, 0.5) is 4.39 Å². The first-order valence-corrected chi connectivity index (χ1v) is 13.0. The first kappa shape index (κ1) is 23.2. The summed E-state index contributed by atoms with van der Waals surface area (Å²) in [5, 5.41) is 10.1. The second-order valence-corrected chi connectivity index (χ2v) is 9.92. The SMILES string of the molecule is Oc1ccc2c(c1)CCCC(C1=CCCCC1)=C2c1ccc(O[C@H]2CCN(CCCF)C2)cc1. The van der Waals surface area contributed by atoms with Crippen LogP contribution in [0.2, 0.25) is 0 Å². The molecule has 1 atom stereocenters. The summed E-state index contributed by atoms with van der Waals surface area (Å²) in [5.74, 6) is 1.25. The van der Waals surface area contributed by atoms with Crippen LogP contribution in [0.15, 0.2) is 59.7 Å². The standard InChI is InChI=1S/C30H36FNO2/c31-17-5-18-32-19-16-27(21-32)34-26-13-10-23(11-14-26)30-28(22-6-2-1-3-7-22)9-4-8-24-20-25(33)12-15-29(24)30/h6,10-15,20,27,33H,1-5,7-9,16-19,21H2/t27-/m0/s1. The molecule has 180 valence electrons. The molecule has 0 aromatic heterocycles. The molecule has 1 aliphatic heterocycles. The highest BCUT2D eigenvalue weighted by Gasteiger charge is 2.25. The van der Waals surface area contributed by atoms with Gasteiger partial charge in [-0.25, -0.2) is 0 Å². The van der Waals surface area contributed by atoms with Gasteiger partial charge in [0, 0.05) is 19.6 Å². The molecular weight excluding hydrogens is 425 g/mol. The molecule has 0 saturated carbocycles. The minimum Gasteiger partial charge on any atom is -0.508 e. The van der Waals surface area contributed by atoms with Crippen molar-refractivity contribution in [3.8, 4) is 11.5 Å². The maximum absolute atomic E-state index is 12.5. The van der Waals surface area contributed by atoms with E-state index in [-0.39, 0.29) is 12.8 Å². The summed E-state index contributed by atoms with van der Waals surface area (Å²) in [4.78, 5) is 2.30. The van der Waals surface area contributed by atoms with Gasteiger partial charge >= 0.3 is 0 Å². The van der Waals surface area contributed by atoms with Crippen molar-refractivity contribution in [3.63, 3.8) is 0 Å². The highest BCUT2D eigenvalue weighted by Crippen LogP contribution is 2.41. The summed E-state index contributed by atoms with van der Waals surface area (Å²) in [5.41, 5.74) is 8.04. The molecule has 3 aliphatic rings. The fraction of sp³-hybridized carbons (Fsp3) is 0.467. The third kappa shape index (κ3) is 5.22. The highest BCUT2D eigenvalue weighted by molar-refractivity contribution is 5.87. The van der Waals surface area contributed by atoms with E-state index < -0.39 is 0 Å². The van der Waals surface area contributed by atoms with Crippen molar-refractivity contribution >= 4 is 5.57 Å². The Morgan fingerprint density at radius 1 is 1.00 bits per heavy atom. The number of phenols is 1. The molecule has 0 spiro atoms. The van der Waals surface area contributed by atoms with Crippen molar-refractivity contribution < 1.29 is 14.2 Å². The van der Waals surface area contributed by atoms with Crippen LogP contribution < -0.4 is 4.74 Å². The summed E-state index contributed by atoms with van der Waals surface area (Å²) >= 11 is 0. The van der Waals surface area contributed by atoms with Crippen molar-refractivity contribution in [3.05, 3.63) is 76.4 Å².